The number of fused-ring (bicyclic) bond motifs is 1. The van der Waals surface area contributed by atoms with Gasteiger partial charge >= 0.3 is 0 Å². The Kier molecular flexibility index (Phi) is 3.16. The normalized spacial score (nSPS) is 11.9. The number of nitrogens with one attached hydrogen (secondary N) is 1. The number of para-hydroxylation sites is 2. The van der Waals surface area contributed by atoms with Crippen molar-refractivity contribution in [2.24, 2.45) is 4.99 Å². The lowest BCUT2D eigenvalue weighted by molar-refractivity contribution is 0.0997. The Morgan fingerprint density at radius 3 is 2.68 bits per heavy atom. The Bertz CT molecular complexity index is 804. The molecule has 1 amide bonds. The molecule has 0 saturated carbocycles. The first kappa shape index (κ1) is 12.1. The second-order valence-electron chi connectivity index (χ2n) is 3.90. The first-order valence-corrected chi connectivity index (χ1v) is 6.57. The van der Waals surface area contributed by atoms with Gasteiger partial charge in [0.15, 0.2) is 0 Å². The molecule has 0 aliphatic carbocycles. The van der Waals surface area contributed by atoms with Crippen molar-refractivity contribution in [2.45, 2.75) is 0 Å². The van der Waals surface area contributed by atoms with Crippen LogP contribution in [0.4, 0.5) is 0 Å². The Hall–Kier alpha value is -1.96. The van der Waals surface area contributed by atoms with Crippen molar-refractivity contribution >= 4 is 39.8 Å². The van der Waals surface area contributed by atoms with Crippen LogP contribution < -0.4 is 5.62 Å². The van der Waals surface area contributed by atoms with Crippen LogP contribution in [0.5, 0.6) is 0 Å². The predicted octanol–water partition coefficient (Wildman–Crippen LogP) is 2.30. The summed E-state index contributed by atoms with van der Waals surface area (Å²) in [4.78, 5) is 23.1. The zero-order valence-corrected chi connectivity index (χ0v) is 11.9. The lowest BCUT2D eigenvalue weighted by Gasteiger charge is -1.93. The Morgan fingerprint density at radius 2 is 1.95 bits per heavy atom. The number of aromatic nitrogens is 3. The quantitative estimate of drug-likeness (QED) is 0.674. The zero-order valence-electron chi connectivity index (χ0n) is 9.75. The number of H-pyrrole nitrogens is 1. The van der Waals surface area contributed by atoms with Crippen LogP contribution in [0.25, 0.3) is 11.0 Å². The third-order valence-corrected chi connectivity index (χ3v) is 3.66. The fraction of sp³-hybridized carbons (Fsp3) is 0. The van der Waals surface area contributed by atoms with Crippen molar-refractivity contribution in [1.82, 2.24) is 12.7 Å². The molecule has 0 aliphatic rings. The largest absolute Gasteiger partial charge is 0.323 e. The maximum atomic E-state index is 12.0. The van der Waals surface area contributed by atoms with Gasteiger partial charge in [-0.2, -0.15) is 4.99 Å². The van der Waals surface area contributed by atoms with Crippen LogP contribution in [0.2, 0.25) is 0 Å². The third kappa shape index (κ3) is 2.30. The van der Waals surface area contributed by atoms with E-state index in [1.807, 2.05) is 27.0 Å². The number of carbonyl (C=O) groups is 1. The third-order valence-electron chi connectivity index (χ3n) is 2.68. The molecule has 0 fully saturated rings. The highest BCUT2D eigenvalue weighted by molar-refractivity contribution is 14.1. The van der Waals surface area contributed by atoms with E-state index in [1.165, 1.54) is 0 Å². The highest BCUT2D eigenvalue weighted by Crippen LogP contribution is 2.11. The number of halogens is 1. The average molecular weight is 364 g/mol. The van der Waals surface area contributed by atoms with E-state index in [0.717, 1.165) is 11.0 Å². The smallest absolute Gasteiger partial charge is 0.280 e. The number of hydrogen-bond donors (Lipinski definition) is 1. The molecular formula is C13H9IN4O. The molecular weight excluding hydrogens is 355 g/mol. The van der Waals surface area contributed by atoms with Gasteiger partial charge in [0.2, 0.25) is 5.62 Å². The highest BCUT2D eigenvalue weighted by atomic mass is 127. The summed E-state index contributed by atoms with van der Waals surface area (Å²) in [5.41, 5.74) is 2.97. The van der Waals surface area contributed by atoms with E-state index in [1.54, 1.807) is 24.5 Å². The highest BCUT2D eigenvalue weighted by Gasteiger charge is 2.06. The second kappa shape index (κ2) is 4.96. The maximum absolute atomic E-state index is 12.0. The van der Waals surface area contributed by atoms with Gasteiger partial charge in [-0.1, -0.05) is 12.1 Å². The fourth-order valence-corrected chi connectivity index (χ4v) is 2.41. The number of aromatic amines is 1. The van der Waals surface area contributed by atoms with Crippen molar-refractivity contribution in [1.29, 1.82) is 0 Å². The molecule has 0 bridgehead atoms. The summed E-state index contributed by atoms with van der Waals surface area (Å²) >= 11 is 2.11. The molecule has 94 valence electrons. The Labute approximate surface area is 122 Å². The Morgan fingerprint density at radius 1 is 1.21 bits per heavy atom. The van der Waals surface area contributed by atoms with Crippen molar-refractivity contribution in [3.63, 3.8) is 0 Å². The van der Waals surface area contributed by atoms with Crippen LogP contribution in [0, 0.1) is 0 Å². The number of nitrogens with zero attached hydrogens (tertiary/aromatic N) is 3. The summed E-state index contributed by atoms with van der Waals surface area (Å²) in [6.45, 7) is 0. The minimum atomic E-state index is -0.292. The lowest BCUT2D eigenvalue weighted by Crippen LogP contribution is -2.14. The van der Waals surface area contributed by atoms with Crippen LogP contribution in [-0.4, -0.2) is 18.7 Å². The fourth-order valence-electron chi connectivity index (χ4n) is 1.76. The summed E-state index contributed by atoms with van der Waals surface area (Å²) in [5.74, 6) is -0.292. The molecule has 2 heterocycles. The van der Waals surface area contributed by atoms with E-state index >= 15 is 0 Å². The number of carbonyl (C=O) groups excluding carboxylic acids is 1. The van der Waals surface area contributed by atoms with Crippen LogP contribution in [0.3, 0.4) is 0 Å². The summed E-state index contributed by atoms with van der Waals surface area (Å²) in [5, 5.41) is 0. The molecule has 5 nitrogen and oxygen atoms in total. The van der Waals surface area contributed by atoms with E-state index in [4.69, 9.17) is 0 Å². The van der Waals surface area contributed by atoms with Gasteiger partial charge in [0.05, 0.1) is 33.9 Å². The topological polar surface area (TPSA) is 63.0 Å². The number of benzene rings is 1. The molecule has 2 aromatic heterocycles. The van der Waals surface area contributed by atoms with Crippen molar-refractivity contribution in [2.75, 3.05) is 0 Å². The molecule has 3 aromatic rings. The molecule has 6 heteroatoms. The van der Waals surface area contributed by atoms with Gasteiger partial charge in [0.25, 0.3) is 5.91 Å². The standard InChI is InChI=1S/C13H9IN4O/c14-18-11-4-2-1-3-10(11)16-13(18)17-12(19)9-5-7-15-8-6-9/h1-8H,(H,16,17,19). The van der Waals surface area contributed by atoms with Gasteiger partial charge in [-0.15, -0.1) is 0 Å². The number of hydrogen-bond acceptors (Lipinski definition) is 2. The first-order valence-electron chi connectivity index (χ1n) is 5.61. The zero-order chi connectivity index (χ0) is 13.2. The summed E-state index contributed by atoms with van der Waals surface area (Å²) in [7, 11) is 0. The summed E-state index contributed by atoms with van der Waals surface area (Å²) in [6.07, 6.45) is 3.15. The van der Waals surface area contributed by atoms with Crippen LogP contribution in [0.1, 0.15) is 10.4 Å². The molecule has 3 rings (SSSR count). The van der Waals surface area contributed by atoms with Crippen molar-refractivity contribution in [3.05, 3.63) is 60.0 Å². The average Bonchev–Trinajstić information content (AvgIpc) is 2.77. The Balaban J connectivity index is 2.12. The van der Waals surface area contributed by atoms with Gasteiger partial charge in [-0.25, -0.2) is 2.78 Å². The van der Waals surface area contributed by atoms with E-state index in [-0.39, 0.29) is 5.91 Å². The molecule has 0 atom stereocenters. The molecule has 0 spiro atoms. The van der Waals surface area contributed by atoms with Crippen LogP contribution in [0.15, 0.2) is 53.8 Å². The SMILES string of the molecule is O=C(/N=c1\[nH]c2ccccc2n1I)c1ccncc1. The van der Waals surface area contributed by atoms with Crippen molar-refractivity contribution < 1.29 is 4.79 Å². The molecule has 0 aliphatic heterocycles. The van der Waals surface area contributed by atoms with Gasteiger partial charge in [-0.3, -0.25) is 9.78 Å². The van der Waals surface area contributed by atoms with Crippen LogP contribution >= 0.6 is 22.9 Å². The lowest BCUT2D eigenvalue weighted by atomic mass is 10.3. The van der Waals surface area contributed by atoms with Crippen LogP contribution in [-0.2, 0) is 0 Å². The van der Waals surface area contributed by atoms with Crippen molar-refractivity contribution in [3.8, 4) is 0 Å². The van der Waals surface area contributed by atoms with Gasteiger partial charge < -0.3 is 4.98 Å². The first-order chi connectivity index (χ1) is 9.25. The van der Waals surface area contributed by atoms with E-state index in [9.17, 15) is 4.79 Å². The van der Waals surface area contributed by atoms with Gasteiger partial charge in [0, 0.05) is 18.0 Å². The molecule has 0 saturated heterocycles. The maximum Gasteiger partial charge on any atom is 0.280 e. The molecule has 19 heavy (non-hydrogen) atoms. The second-order valence-corrected chi connectivity index (χ2v) is 4.86. The van der Waals surface area contributed by atoms with Gasteiger partial charge in [0.1, 0.15) is 0 Å². The van der Waals surface area contributed by atoms with E-state index in [2.05, 4.69) is 37.8 Å². The minimum Gasteiger partial charge on any atom is -0.323 e. The summed E-state index contributed by atoms with van der Waals surface area (Å²) < 4.78 is 1.83. The summed E-state index contributed by atoms with van der Waals surface area (Å²) in [6, 6.07) is 11.1. The molecule has 1 N–H and O–H groups in total. The number of imidazole rings is 1. The number of amides is 1. The number of pyridine rings is 1. The minimum absolute atomic E-state index is 0.292. The molecule has 1 aromatic carbocycles. The molecule has 0 unspecified atom stereocenters. The van der Waals surface area contributed by atoms with E-state index < -0.39 is 0 Å². The predicted molar refractivity (Wildman–Crippen MR) is 79.8 cm³/mol. The van der Waals surface area contributed by atoms with E-state index in [0.29, 0.717) is 11.2 Å². The number of rotatable bonds is 1. The van der Waals surface area contributed by atoms with Gasteiger partial charge in [-0.05, 0) is 24.3 Å². The monoisotopic (exact) mass is 364 g/mol. The molecule has 0 radical (unpaired) electrons.